The Balaban J connectivity index is 2.16. The average Bonchev–Trinajstić information content (AvgIpc) is 2.89. The lowest BCUT2D eigenvalue weighted by molar-refractivity contribution is -0.140. The van der Waals surface area contributed by atoms with Gasteiger partial charge in [0.25, 0.3) is 0 Å². The van der Waals surface area contributed by atoms with Crippen LogP contribution in [0.3, 0.4) is 0 Å². The summed E-state index contributed by atoms with van der Waals surface area (Å²) < 4.78 is 1.43. The molecule has 0 amide bonds. The van der Waals surface area contributed by atoms with Crippen molar-refractivity contribution in [2.24, 2.45) is 0 Å². The molecular weight excluding hydrogens is 244 g/mol. The standard InChI is InChI=1S/C14H14N2O3/c1-10-2-4-11(5-3-10)13(17)8-12(14(18)19)16-7-6-15-9-16/h2-7,9,12H,8H2,1H3,(H,18,19). The Kier molecular flexibility index (Phi) is 3.75. The normalized spacial score (nSPS) is 12.1. The molecule has 0 radical (unpaired) electrons. The van der Waals surface area contributed by atoms with Crippen molar-refractivity contribution in [1.82, 2.24) is 9.55 Å². The summed E-state index contributed by atoms with van der Waals surface area (Å²) in [7, 11) is 0. The molecule has 0 saturated heterocycles. The van der Waals surface area contributed by atoms with Crippen molar-refractivity contribution in [3.63, 3.8) is 0 Å². The van der Waals surface area contributed by atoms with Crippen molar-refractivity contribution in [3.8, 4) is 0 Å². The number of imidazole rings is 1. The zero-order valence-corrected chi connectivity index (χ0v) is 10.5. The summed E-state index contributed by atoms with van der Waals surface area (Å²) >= 11 is 0. The van der Waals surface area contributed by atoms with Crippen LogP contribution in [0.1, 0.15) is 28.4 Å². The maximum Gasteiger partial charge on any atom is 0.327 e. The van der Waals surface area contributed by atoms with Gasteiger partial charge >= 0.3 is 5.97 Å². The number of carbonyl (C=O) groups is 2. The number of Topliss-reactive ketones (excluding diaryl/α,β-unsaturated/α-hetero) is 1. The minimum atomic E-state index is -1.04. The number of ketones is 1. The topological polar surface area (TPSA) is 72.2 Å². The second-order valence-corrected chi connectivity index (χ2v) is 4.36. The molecule has 5 heteroatoms. The van der Waals surface area contributed by atoms with Crippen LogP contribution in [0.2, 0.25) is 0 Å². The van der Waals surface area contributed by atoms with Crippen LogP contribution in [0, 0.1) is 6.92 Å². The summed E-state index contributed by atoms with van der Waals surface area (Å²) in [6, 6.07) is 6.17. The molecule has 0 saturated carbocycles. The molecule has 0 bridgehead atoms. The zero-order chi connectivity index (χ0) is 13.8. The molecule has 0 aliphatic rings. The number of aliphatic carboxylic acids is 1. The summed E-state index contributed by atoms with van der Waals surface area (Å²) in [5, 5.41) is 9.18. The van der Waals surface area contributed by atoms with E-state index >= 15 is 0 Å². The Morgan fingerprint density at radius 1 is 1.32 bits per heavy atom. The molecule has 19 heavy (non-hydrogen) atoms. The summed E-state index contributed by atoms with van der Waals surface area (Å²) in [6.45, 7) is 1.93. The van der Waals surface area contributed by atoms with E-state index in [9.17, 15) is 14.7 Å². The van der Waals surface area contributed by atoms with Crippen LogP contribution in [-0.2, 0) is 4.79 Å². The van der Waals surface area contributed by atoms with Crippen molar-refractivity contribution in [3.05, 3.63) is 54.1 Å². The van der Waals surface area contributed by atoms with E-state index in [1.807, 2.05) is 19.1 Å². The van der Waals surface area contributed by atoms with E-state index in [0.717, 1.165) is 5.56 Å². The van der Waals surface area contributed by atoms with Gasteiger partial charge in [0.1, 0.15) is 6.04 Å². The second-order valence-electron chi connectivity index (χ2n) is 4.36. The van der Waals surface area contributed by atoms with Crippen LogP contribution in [0.25, 0.3) is 0 Å². The van der Waals surface area contributed by atoms with Gasteiger partial charge in [0.15, 0.2) is 5.78 Å². The van der Waals surface area contributed by atoms with Gasteiger partial charge in [-0.15, -0.1) is 0 Å². The first-order valence-corrected chi connectivity index (χ1v) is 5.88. The van der Waals surface area contributed by atoms with Gasteiger partial charge in [-0.3, -0.25) is 4.79 Å². The molecule has 5 nitrogen and oxygen atoms in total. The lowest BCUT2D eigenvalue weighted by Gasteiger charge is -2.12. The number of hydrogen-bond acceptors (Lipinski definition) is 3. The fraction of sp³-hybridized carbons (Fsp3) is 0.214. The molecule has 0 fully saturated rings. The number of carboxylic acids is 1. The van der Waals surface area contributed by atoms with E-state index in [4.69, 9.17) is 0 Å². The number of rotatable bonds is 5. The van der Waals surface area contributed by atoms with Crippen molar-refractivity contribution in [2.75, 3.05) is 0 Å². The fourth-order valence-corrected chi connectivity index (χ4v) is 1.81. The average molecular weight is 258 g/mol. The van der Waals surface area contributed by atoms with Crippen LogP contribution >= 0.6 is 0 Å². The number of aromatic nitrogens is 2. The molecule has 1 N–H and O–H groups in total. The summed E-state index contributed by atoms with van der Waals surface area (Å²) in [5.74, 6) is -1.24. The van der Waals surface area contributed by atoms with E-state index < -0.39 is 12.0 Å². The van der Waals surface area contributed by atoms with E-state index in [-0.39, 0.29) is 12.2 Å². The van der Waals surface area contributed by atoms with Gasteiger partial charge in [-0.2, -0.15) is 0 Å². The van der Waals surface area contributed by atoms with Crippen molar-refractivity contribution < 1.29 is 14.7 Å². The molecule has 2 rings (SSSR count). The molecule has 98 valence electrons. The van der Waals surface area contributed by atoms with Gasteiger partial charge in [0, 0.05) is 24.4 Å². The Morgan fingerprint density at radius 3 is 2.53 bits per heavy atom. The number of carbonyl (C=O) groups excluding carboxylic acids is 1. The minimum Gasteiger partial charge on any atom is -0.480 e. The highest BCUT2D eigenvalue weighted by molar-refractivity contribution is 5.98. The van der Waals surface area contributed by atoms with E-state index in [2.05, 4.69) is 4.98 Å². The third kappa shape index (κ3) is 3.07. The van der Waals surface area contributed by atoms with Gasteiger partial charge in [0.2, 0.25) is 0 Å². The molecule has 1 unspecified atom stereocenters. The first-order valence-electron chi connectivity index (χ1n) is 5.88. The van der Waals surface area contributed by atoms with E-state index in [1.165, 1.54) is 17.1 Å². The predicted octanol–water partition coefficient (Wildman–Crippen LogP) is 2.09. The third-order valence-corrected chi connectivity index (χ3v) is 2.92. The van der Waals surface area contributed by atoms with Crippen LogP contribution < -0.4 is 0 Å². The van der Waals surface area contributed by atoms with Crippen molar-refractivity contribution in [2.45, 2.75) is 19.4 Å². The van der Waals surface area contributed by atoms with E-state index in [1.54, 1.807) is 18.3 Å². The van der Waals surface area contributed by atoms with E-state index in [0.29, 0.717) is 5.56 Å². The molecule has 1 aromatic heterocycles. The smallest absolute Gasteiger partial charge is 0.327 e. The number of carboxylic acid groups (broad SMARTS) is 1. The molecular formula is C14H14N2O3. The quantitative estimate of drug-likeness (QED) is 0.833. The SMILES string of the molecule is Cc1ccc(C(=O)CC(C(=O)O)n2ccnc2)cc1. The predicted molar refractivity (Wildman–Crippen MR) is 69.0 cm³/mol. The van der Waals surface area contributed by atoms with Gasteiger partial charge < -0.3 is 9.67 Å². The van der Waals surface area contributed by atoms with Crippen molar-refractivity contribution in [1.29, 1.82) is 0 Å². The molecule has 0 aliphatic carbocycles. The monoisotopic (exact) mass is 258 g/mol. The largest absolute Gasteiger partial charge is 0.480 e. The second kappa shape index (κ2) is 5.48. The van der Waals surface area contributed by atoms with Gasteiger partial charge in [-0.05, 0) is 6.92 Å². The first kappa shape index (κ1) is 13.0. The maximum atomic E-state index is 12.1. The number of nitrogens with zero attached hydrogens (tertiary/aromatic N) is 2. The van der Waals surface area contributed by atoms with Crippen molar-refractivity contribution >= 4 is 11.8 Å². The maximum absolute atomic E-state index is 12.1. The highest BCUT2D eigenvalue weighted by Crippen LogP contribution is 2.16. The summed E-state index contributed by atoms with van der Waals surface area (Å²) in [5.41, 5.74) is 1.58. The van der Waals surface area contributed by atoms with Crippen LogP contribution in [0.15, 0.2) is 43.0 Å². The lowest BCUT2D eigenvalue weighted by Crippen LogP contribution is -2.21. The Morgan fingerprint density at radius 2 is 2.00 bits per heavy atom. The number of aryl methyl sites for hydroxylation is 1. The Hall–Kier alpha value is -2.43. The van der Waals surface area contributed by atoms with Crippen LogP contribution in [0.4, 0.5) is 0 Å². The van der Waals surface area contributed by atoms with Crippen LogP contribution in [-0.4, -0.2) is 26.4 Å². The Labute approximate surface area is 110 Å². The van der Waals surface area contributed by atoms with Gasteiger partial charge in [-0.25, -0.2) is 9.78 Å². The highest BCUT2D eigenvalue weighted by Gasteiger charge is 2.23. The van der Waals surface area contributed by atoms with Gasteiger partial charge in [-0.1, -0.05) is 29.8 Å². The molecule has 1 atom stereocenters. The van der Waals surface area contributed by atoms with Gasteiger partial charge in [0.05, 0.1) is 6.33 Å². The summed E-state index contributed by atoms with van der Waals surface area (Å²) in [6.07, 6.45) is 4.35. The molecule has 1 heterocycles. The third-order valence-electron chi connectivity index (χ3n) is 2.92. The highest BCUT2D eigenvalue weighted by atomic mass is 16.4. The summed E-state index contributed by atoms with van der Waals surface area (Å²) in [4.78, 5) is 27.1. The molecule has 0 aliphatic heterocycles. The number of benzene rings is 1. The molecule has 0 spiro atoms. The van der Waals surface area contributed by atoms with Crippen LogP contribution in [0.5, 0.6) is 0 Å². The number of hydrogen-bond donors (Lipinski definition) is 1. The fourth-order valence-electron chi connectivity index (χ4n) is 1.81. The first-order chi connectivity index (χ1) is 9.08. The Bertz CT molecular complexity index is 573. The zero-order valence-electron chi connectivity index (χ0n) is 10.5. The molecule has 2 aromatic rings. The molecule has 1 aromatic carbocycles. The lowest BCUT2D eigenvalue weighted by atomic mass is 10.0. The minimum absolute atomic E-state index is 0.0885.